The highest BCUT2D eigenvalue weighted by Gasteiger charge is 2.22. The Hall–Kier alpha value is -3.21. The largest absolute Gasteiger partial charge is 0.493 e. The molecule has 1 heterocycles. The maximum absolute atomic E-state index is 11.5. The molecule has 0 atom stereocenters. The molecule has 0 amide bonds. The second kappa shape index (κ2) is 11.7. The number of nitrogens with zero attached hydrogens (tertiary/aromatic N) is 3. The van der Waals surface area contributed by atoms with E-state index in [1.54, 1.807) is 11.4 Å². The van der Waals surface area contributed by atoms with E-state index in [0.717, 1.165) is 19.3 Å². The van der Waals surface area contributed by atoms with Crippen molar-refractivity contribution in [1.29, 1.82) is 0 Å². The minimum atomic E-state index is -0.512. The number of methoxy groups -OCH3 is 2. The van der Waals surface area contributed by atoms with Gasteiger partial charge in [0.1, 0.15) is 0 Å². The number of thiazole rings is 1. The highest BCUT2D eigenvalue weighted by molar-refractivity contribution is 7.13. The Morgan fingerprint density at radius 3 is 2.83 bits per heavy atom. The number of carbonyl (C=O) groups is 1. The number of unbranched alkanes of at least 4 members (excludes halogenated alkanes) is 2. The molecular formula is C19H24N4O6S. The number of hydrogen-bond acceptors (Lipinski definition) is 10. The Morgan fingerprint density at radius 1 is 1.37 bits per heavy atom. The number of nitro benzene ring substituents is 1. The van der Waals surface area contributed by atoms with E-state index in [-0.39, 0.29) is 29.6 Å². The molecule has 1 aromatic heterocycles. The van der Waals surface area contributed by atoms with Gasteiger partial charge in [-0.05, 0) is 12.5 Å². The second-order valence-electron chi connectivity index (χ2n) is 6.15. The summed E-state index contributed by atoms with van der Waals surface area (Å²) in [6.07, 6.45) is 4.29. The molecule has 0 aliphatic heterocycles. The predicted octanol–water partition coefficient (Wildman–Crippen LogP) is 3.79. The van der Waals surface area contributed by atoms with Gasteiger partial charge in [0.25, 0.3) is 0 Å². The highest BCUT2D eigenvalue weighted by atomic mass is 32.1. The number of hydrazone groups is 1. The van der Waals surface area contributed by atoms with Gasteiger partial charge < -0.3 is 14.2 Å². The van der Waals surface area contributed by atoms with E-state index < -0.39 is 4.92 Å². The molecule has 0 spiro atoms. The van der Waals surface area contributed by atoms with Crippen molar-refractivity contribution in [2.24, 2.45) is 5.10 Å². The highest BCUT2D eigenvalue weighted by Crippen LogP contribution is 2.38. The molecule has 0 fully saturated rings. The zero-order valence-electron chi connectivity index (χ0n) is 17.0. The lowest BCUT2D eigenvalue weighted by Gasteiger charge is -2.11. The summed E-state index contributed by atoms with van der Waals surface area (Å²) in [5, 5.41) is 17.8. The number of nitro groups is 1. The van der Waals surface area contributed by atoms with Crippen molar-refractivity contribution in [3.8, 4) is 11.5 Å². The van der Waals surface area contributed by atoms with Gasteiger partial charge in [0, 0.05) is 17.0 Å². The van der Waals surface area contributed by atoms with E-state index in [1.165, 1.54) is 37.8 Å². The number of esters is 1. The number of hydrogen-bond donors (Lipinski definition) is 1. The number of aromatic nitrogens is 1. The molecule has 11 heteroatoms. The summed E-state index contributed by atoms with van der Waals surface area (Å²) >= 11 is 1.27. The lowest BCUT2D eigenvalue weighted by atomic mass is 10.2. The molecule has 0 unspecified atom stereocenters. The summed E-state index contributed by atoms with van der Waals surface area (Å²) in [6, 6.07) is 2.98. The van der Waals surface area contributed by atoms with Gasteiger partial charge in [0.05, 0.1) is 44.1 Å². The Morgan fingerprint density at radius 2 is 2.17 bits per heavy atom. The van der Waals surface area contributed by atoms with Crippen molar-refractivity contribution < 1.29 is 23.9 Å². The molecule has 0 saturated heterocycles. The molecule has 30 heavy (non-hydrogen) atoms. The Balaban J connectivity index is 2.12. The van der Waals surface area contributed by atoms with Crippen LogP contribution in [0.2, 0.25) is 0 Å². The van der Waals surface area contributed by atoms with Crippen LogP contribution in [0.25, 0.3) is 0 Å². The van der Waals surface area contributed by atoms with Crippen molar-refractivity contribution >= 4 is 34.3 Å². The predicted molar refractivity (Wildman–Crippen MR) is 114 cm³/mol. The molecular weight excluding hydrogens is 412 g/mol. The normalized spacial score (nSPS) is 10.8. The smallest absolute Gasteiger partial charge is 0.315 e. The van der Waals surface area contributed by atoms with Crippen LogP contribution < -0.4 is 14.9 Å². The number of nitrogens with one attached hydrogen (secondary N) is 1. The standard InChI is InChI=1S/C19H24N4O6S/c1-4-5-6-7-29-18-15(23(25)26)8-13(9-16(18)27-2)11-20-22-19-21-14(12-30-19)10-17(24)28-3/h8-9,11-12H,4-7,10H2,1-3H3,(H,21,22)/b20-11-. The molecule has 0 aliphatic carbocycles. The first-order chi connectivity index (χ1) is 14.5. The van der Waals surface area contributed by atoms with Gasteiger partial charge in [0.15, 0.2) is 5.75 Å². The van der Waals surface area contributed by atoms with Crippen molar-refractivity contribution in [2.45, 2.75) is 32.6 Å². The van der Waals surface area contributed by atoms with E-state index in [2.05, 4.69) is 27.2 Å². The lowest BCUT2D eigenvalue weighted by molar-refractivity contribution is -0.386. The topological polar surface area (TPSA) is 125 Å². The summed E-state index contributed by atoms with van der Waals surface area (Å²) in [6.45, 7) is 2.44. The van der Waals surface area contributed by atoms with E-state index >= 15 is 0 Å². The minimum absolute atomic E-state index is 0.0709. The van der Waals surface area contributed by atoms with Crippen molar-refractivity contribution in [3.05, 3.63) is 38.9 Å². The fourth-order valence-electron chi connectivity index (χ4n) is 2.46. The Bertz CT molecular complexity index is 899. The van der Waals surface area contributed by atoms with Crippen molar-refractivity contribution in [1.82, 2.24) is 4.98 Å². The minimum Gasteiger partial charge on any atom is -0.493 e. The van der Waals surface area contributed by atoms with Crippen LogP contribution in [0.15, 0.2) is 22.6 Å². The van der Waals surface area contributed by atoms with E-state index in [0.29, 0.717) is 23.0 Å². The summed E-state index contributed by atoms with van der Waals surface area (Å²) < 4.78 is 15.5. The zero-order valence-corrected chi connectivity index (χ0v) is 17.9. The van der Waals surface area contributed by atoms with Crippen LogP contribution in [-0.2, 0) is 16.0 Å². The molecule has 1 aromatic carbocycles. The SMILES string of the molecule is CCCCCOc1c(OC)cc(/C=N\Nc2nc(CC(=O)OC)cs2)cc1[N+](=O)[O-]. The summed E-state index contributed by atoms with van der Waals surface area (Å²) in [7, 11) is 2.74. The van der Waals surface area contributed by atoms with E-state index in [1.807, 2.05) is 0 Å². The van der Waals surface area contributed by atoms with Crippen LogP contribution in [0.1, 0.15) is 37.4 Å². The van der Waals surface area contributed by atoms with Crippen LogP contribution in [0, 0.1) is 10.1 Å². The molecule has 1 N–H and O–H groups in total. The van der Waals surface area contributed by atoms with Crippen LogP contribution in [-0.4, -0.2) is 42.9 Å². The number of rotatable bonds is 12. The van der Waals surface area contributed by atoms with Gasteiger partial charge in [-0.3, -0.25) is 20.3 Å². The first kappa shape index (κ1) is 23.1. The number of anilines is 1. The fourth-order valence-corrected chi connectivity index (χ4v) is 3.12. The van der Waals surface area contributed by atoms with Crippen LogP contribution >= 0.6 is 11.3 Å². The molecule has 0 aliphatic rings. The Kier molecular flexibility index (Phi) is 9.01. The molecule has 2 rings (SSSR count). The van der Waals surface area contributed by atoms with Gasteiger partial charge >= 0.3 is 11.7 Å². The van der Waals surface area contributed by atoms with E-state index in [4.69, 9.17) is 9.47 Å². The van der Waals surface area contributed by atoms with Crippen LogP contribution in [0.5, 0.6) is 11.5 Å². The van der Waals surface area contributed by atoms with Crippen molar-refractivity contribution in [2.75, 3.05) is 26.3 Å². The average molecular weight is 436 g/mol. The summed E-state index contributed by atoms with van der Waals surface area (Å²) in [5.41, 5.74) is 3.56. The monoisotopic (exact) mass is 436 g/mol. The summed E-state index contributed by atoms with van der Waals surface area (Å²) in [4.78, 5) is 26.5. The molecule has 162 valence electrons. The van der Waals surface area contributed by atoms with E-state index in [9.17, 15) is 14.9 Å². The zero-order chi connectivity index (χ0) is 21.9. The number of ether oxygens (including phenoxy) is 3. The third-order valence-electron chi connectivity index (χ3n) is 3.95. The number of carbonyl (C=O) groups excluding carboxylic acids is 1. The maximum atomic E-state index is 11.5. The number of benzene rings is 1. The quantitative estimate of drug-likeness (QED) is 0.175. The average Bonchev–Trinajstić information content (AvgIpc) is 3.18. The lowest BCUT2D eigenvalue weighted by Crippen LogP contribution is -2.04. The molecule has 10 nitrogen and oxygen atoms in total. The summed E-state index contributed by atoms with van der Waals surface area (Å²) in [5.74, 6) is -0.0143. The maximum Gasteiger partial charge on any atom is 0.315 e. The Labute approximate surface area is 178 Å². The molecule has 2 aromatic rings. The molecule has 0 bridgehead atoms. The van der Waals surface area contributed by atoms with Gasteiger partial charge in [-0.15, -0.1) is 11.3 Å². The van der Waals surface area contributed by atoms with Gasteiger partial charge in [0.2, 0.25) is 10.9 Å². The van der Waals surface area contributed by atoms with Gasteiger partial charge in [-0.2, -0.15) is 5.10 Å². The van der Waals surface area contributed by atoms with Gasteiger partial charge in [-0.25, -0.2) is 4.98 Å². The third kappa shape index (κ3) is 6.69. The first-order valence-electron chi connectivity index (χ1n) is 9.28. The van der Waals surface area contributed by atoms with Crippen molar-refractivity contribution in [3.63, 3.8) is 0 Å². The fraction of sp³-hybridized carbons (Fsp3) is 0.421. The van der Waals surface area contributed by atoms with Gasteiger partial charge in [-0.1, -0.05) is 19.8 Å². The third-order valence-corrected chi connectivity index (χ3v) is 4.74. The van der Waals surface area contributed by atoms with Crippen LogP contribution in [0.3, 0.4) is 0 Å². The van der Waals surface area contributed by atoms with Crippen LogP contribution in [0.4, 0.5) is 10.8 Å². The second-order valence-corrected chi connectivity index (χ2v) is 7.01. The molecule has 0 saturated carbocycles. The first-order valence-corrected chi connectivity index (χ1v) is 10.2. The molecule has 0 radical (unpaired) electrons.